The Balaban J connectivity index is 0.00000114. The molecule has 10 atom stereocenters. The predicted octanol–water partition coefficient (Wildman–Crippen LogP) is 1.36. The zero-order valence-corrected chi connectivity index (χ0v) is 25.3. The van der Waals surface area contributed by atoms with E-state index in [-0.39, 0.29) is 56.4 Å². The maximum atomic E-state index is 10.6. The van der Waals surface area contributed by atoms with Crippen molar-refractivity contribution in [2.75, 3.05) is 6.61 Å². The van der Waals surface area contributed by atoms with Crippen molar-refractivity contribution in [1.82, 2.24) is 0 Å². The Morgan fingerprint density at radius 1 is 0.629 bits per heavy atom. The zero-order valence-electron chi connectivity index (χ0n) is 21.4. The summed E-state index contributed by atoms with van der Waals surface area (Å²) < 4.78 is 0. The molecule has 192 valence electrons. The van der Waals surface area contributed by atoms with Gasteiger partial charge in [-0.3, -0.25) is 0 Å². The summed E-state index contributed by atoms with van der Waals surface area (Å²) in [5, 5.41) is 10.6. The van der Waals surface area contributed by atoms with Gasteiger partial charge < -0.3 is 29.9 Å². The quantitative estimate of drug-likeness (QED) is 0.510. The summed E-state index contributed by atoms with van der Waals surface area (Å²) in [4.78, 5) is 0. The minimum Gasteiger partial charge on any atom is -1.00 e. The molecule has 35 heavy (non-hydrogen) atoms. The Kier molecular flexibility index (Phi) is 10.7. The van der Waals surface area contributed by atoms with E-state index in [1.807, 2.05) is 0 Å². The molecule has 0 saturated heterocycles. The van der Waals surface area contributed by atoms with Crippen molar-refractivity contribution in [1.29, 1.82) is 0 Å². The van der Waals surface area contributed by atoms with Gasteiger partial charge in [0.05, 0.1) is 0 Å². The monoisotopic (exact) mass is 592 g/mol. The van der Waals surface area contributed by atoms with Gasteiger partial charge in [0.25, 0.3) is 0 Å². The fraction of sp³-hybridized carbons (Fsp3) is 0.742. The predicted molar refractivity (Wildman–Crippen MR) is 133 cm³/mol. The van der Waals surface area contributed by atoms with E-state index in [9.17, 15) is 5.11 Å². The molecule has 0 aromatic heterocycles. The number of hydrogen-bond donors (Lipinski definition) is 1. The van der Waals surface area contributed by atoms with Crippen LogP contribution in [0.3, 0.4) is 0 Å². The van der Waals surface area contributed by atoms with Gasteiger partial charge in [-0.05, 0) is 103 Å². The van der Waals surface area contributed by atoms with Gasteiger partial charge in [0.1, 0.15) is 0 Å². The summed E-state index contributed by atoms with van der Waals surface area (Å²) in [6, 6.07) is 0. The first-order valence-electron chi connectivity index (χ1n) is 14.1. The summed E-state index contributed by atoms with van der Waals surface area (Å²) in [6.07, 6.45) is 33.5. The number of hydrogen-bond acceptors (Lipinski definition) is 1. The Bertz CT molecular complexity index is 759. The maximum absolute atomic E-state index is 10.6. The summed E-state index contributed by atoms with van der Waals surface area (Å²) >= 11 is 0. The zero-order chi connectivity index (χ0) is 21.7. The Hall–Kier alpha value is 0.383. The molecule has 10 unspecified atom stereocenters. The molecule has 4 heteroatoms. The summed E-state index contributed by atoms with van der Waals surface area (Å²) in [5.41, 5.74) is 0.277. The van der Waals surface area contributed by atoms with Crippen LogP contribution in [-0.4, -0.2) is 11.7 Å². The van der Waals surface area contributed by atoms with Crippen LogP contribution in [0.2, 0.25) is 0 Å². The number of aliphatic hydroxyl groups excluding tert-OH is 1. The third-order valence-electron chi connectivity index (χ3n) is 11.5. The normalized spacial score (nSPS) is 43.9. The van der Waals surface area contributed by atoms with E-state index in [4.69, 9.17) is 0 Å². The number of rotatable bonds is 5. The van der Waals surface area contributed by atoms with E-state index in [1.54, 1.807) is 0 Å². The third kappa shape index (κ3) is 4.72. The third-order valence-corrected chi connectivity index (χ3v) is 11.5. The van der Waals surface area contributed by atoms with Gasteiger partial charge >= 0.3 is 26.2 Å². The van der Waals surface area contributed by atoms with Crippen molar-refractivity contribution in [2.24, 2.45) is 64.6 Å². The van der Waals surface area contributed by atoms with E-state index < -0.39 is 0 Å². The van der Waals surface area contributed by atoms with Crippen LogP contribution in [-0.2, 0) is 26.2 Å². The standard InChI is InChI=1S/C31H44O.2ClH.Zr/c1-2-31(19-20-32,29-25-15-7-3-11-21(25)22-12-4-8-16-26(22)29)30-27-17-9-5-13-23(27)24-14-6-10-18-28(24)30;;;/h3,5,7,9,11,13,15,17,21-30,32H,2,4,6,8,10,12,14,16,18-20H2,1H3;2*1H;/q;;;+2/p-2. The van der Waals surface area contributed by atoms with E-state index in [0.29, 0.717) is 18.4 Å². The molecule has 1 N–H and O–H groups in total. The van der Waals surface area contributed by atoms with Crippen LogP contribution in [0.5, 0.6) is 0 Å². The second kappa shape index (κ2) is 12.5. The van der Waals surface area contributed by atoms with Gasteiger partial charge in [-0.1, -0.05) is 81.2 Å². The summed E-state index contributed by atoms with van der Waals surface area (Å²) in [6.45, 7) is 2.86. The first-order valence-corrected chi connectivity index (χ1v) is 14.1. The Morgan fingerprint density at radius 2 is 1.00 bits per heavy atom. The fourth-order valence-corrected chi connectivity index (χ4v) is 10.7. The van der Waals surface area contributed by atoms with Gasteiger partial charge in [-0.15, -0.1) is 0 Å². The Labute approximate surface area is 245 Å². The smallest absolute Gasteiger partial charge is 1.00 e. The minimum atomic E-state index is 0. The van der Waals surface area contributed by atoms with E-state index in [1.165, 1.54) is 57.8 Å². The molecule has 0 aromatic rings. The van der Waals surface area contributed by atoms with Crippen LogP contribution in [0, 0.1) is 64.6 Å². The molecule has 6 aliphatic carbocycles. The second-order valence-corrected chi connectivity index (χ2v) is 12.2. The van der Waals surface area contributed by atoms with Crippen LogP contribution < -0.4 is 24.8 Å². The molecule has 0 heterocycles. The van der Waals surface area contributed by atoms with Gasteiger partial charge in [-0.2, -0.15) is 0 Å². The van der Waals surface area contributed by atoms with Crippen molar-refractivity contribution in [2.45, 2.75) is 71.1 Å². The molecule has 0 aromatic carbocycles. The number of fused-ring (bicyclic) bond motifs is 6. The van der Waals surface area contributed by atoms with Crippen LogP contribution >= 0.6 is 0 Å². The van der Waals surface area contributed by atoms with Crippen molar-refractivity contribution in [3.05, 3.63) is 48.6 Å². The fourth-order valence-electron chi connectivity index (χ4n) is 10.7. The van der Waals surface area contributed by atoms with Crippen molar-refractivity contribution in [3.8, 4) is 0 Å². The molecule has 6 rings (SSSR count). The maximum Gasteiger partial charge on any atom is 2.00 e. The van der Waals surface area contributed by atoms with Crippen molar-refractivity contribution >= 4 is 0 Å². The molecule has 0 aliphatic heterocycles. The molecule has 4 saturated carbocycles. The summed E-state index contributed by atoms with van der Waals surface area (Å²) in [7, 11) is 0. The molecule has 4 fully saturated rings. The second-order valence-electron chi connectivity index (χ2n) is 12.2. The molecular formula is C31H44Cl2OZr. The Morgan fingerprint density at radius 3 is 1.37 bits per heavy atom. The molecular weight excluding hydrogens is 550 g/mol. The largest absolute Gasteiger partial charge is 2.00 e. The van der Waals surface area contributed by atoms with Crippen molar-refractivity contribution < 1.29 is 56.1 Å². The molecule has 0 bridgehead atoms. The summed E-state index contributed by atoms with van der Waals surface area (Å²) in [5.74, 6) is 7.89. The number of aliphatic hydroxyl groups is 1. The van der Waals surface area contributed by atoms with Gasteiger partial charge in [0, 0.05) is 6.61 Å². The minimum absolute atomic E-state index is 0. The van der Waals surface area contributed by atoms with Gasteiger partial charge in [-0.25, -0.2) is 0 Å². The van der Waals surface area contributed by atoms with E-state index in [0.717, 1.165) is 53.8 Å². The van der Waals surface area contributed by atoms with Crippen molar-refractivity contribution in [3.63, 3.8) is 0 Å². The topological polar surface area (TPSA) is 20.2 Å². The number of halogens is 2. The molecule has 0 spiro atoms. The SMILES string of the molecule is CCC(CCO)(C1C2C=CC=CC2C2CCCCC21)C1C2C=CC=CC2C2CCCCC21.[Cl-].[Cl-].[Zr+2]. The number of allylic oxidation sites excluding steroid dienone is 8. The average Bonchev–Trinajstić information content (AvgIpc) is 3.37. The van der Waals surface area contributed by atoms with Gasteiger partial charge in [0.15, 0.2) is 0 Å². The molecule has 1 nitrogen and oxygen atoms in total. The first kappa shape index (κ1) is 29.9. The van der Waals surface area contributed by atoms with E-state index in [2.05, 4.69) is 55.5 Å². The first-order chi connectivity index (χ1) is 15.8. The van der Waals surface area contributed by atoms with E-state index >= 15 is 0 Å². The van der Waals surface area contributed by atoms with Crippen LogP contribution in [0.15, 0.2) is 48.6 Å². The van der Waals surface area contributed by atoms with Crippen LogP contribution in [0.25, 0.3) is 0 Å². The molecule has 0 radical (unpaired) electrons. The average molecular weight is 595 g/mol. The molecule has 6 aliphatic rings. The van der Waals surface area contributed by atoms with Gasteiger partial charge in [0.2, 0.25) is 0 Å². The van der Waals surface area contributed by atoms with Crippen LogP contribution in [0.4, 0.5) is 0 Å². The molecule has 0 amide bonds. The van der Waals surface area contributed by atoms with Crippen LogP contribution in [0.1, 0.15) is 71.1 Å².